The normalized spacial score (nSPS) is 26.7. The lowest BCUT2D eigenvalue weighted by atomic mass is 9.93. The molecule has 1 aliphatic rings. The van der Waals surface area contributed by atoms with Gasteiger partial charge in [0.15, 0.2) is 0 Å². The molecule has 1 fully saturated rings. The zero-order valence-electron chi connectivity index (χ0n) is 8.40. The quantitative estimate of drug-likeness (QED) is 0.729. The van der Waals surface area contributed by atoms with E-state index in [2.05, 4.69) is 16.4 Å². The second kappa shape index (κ2) is 4.07. The van der Waals surface area contributed by atoms with Crippen LogP contribution >= 0.6 is 0 Å². The number of rotatable bonds is 2. The van der Waals surface area contributed by atoms with Gasteiger partial charge in [0.1, 0.15) is 0 Å². The van der Waals surface area contributed by atoms with E-state index in [1.807, 2.05) is 19.2 Å². The number of pyridine rings is 1. The Morgan fingerprint density at radius 1 is 1.57 bits per heavy atom. The predicted molar refractivity (Wildman–Crippen MR) is 55.2 cm³/mol. The van der Waals surface area contributed by atoms with Crippen LogP contribution in [0.25, 0.3) is 0 Å². The van der Waals surface area contributed by atoms with E-state index >= 15 is 0 Å². The molecule has 14 heavy (non-hydrogen) atoms. The largest absolute Gasteiger partial charge is 0.395 e. The van der Waals surface area contributed by atoms with Crippen molar-refractivity contribution in [3.63, 3.8) is 0 Å². The molecule has 0 saturated carbocycles. The Hall–Kier alpha value is -0.930. The van der Waals surface area contributed by atoms with Crippen molar-refractivity contribution in [2.45, 2.75) is 25.3 Å². The van der Waals surface area contributed by atoms with Crippen LogP contribution in [0.2, 0.25) is 0 Å². The Morgan fingerprint density at radius 3 is 3.07 bits per heavy atom. The molecule has 1 aliphatic heterocycles. The zero-order valence-corrected chi connectivity index (χ0v) is 8.40. The van der Waals surface area contributed by atoms with Crippen molar-refractivity contribution in [3.05, 3.63) is 29.6 Å². The first-order valence-electron chi connectivity index (χ1n) is 5.08. The first-order valence-corrected chi connectivity index (χ1v) is 5.08. The number of hydrogen-bond donors (Lipinski definition) is 2. The number of aliphatic hydroxyl groups is 1. The fraction of sp³-hybridized carbons (Fsp3) is 0.545. The predicted octanol–water partition coefficient (Wildman–Crippen LogP) is 0.828. The van der Waals surface area contributed by atoms with Crippen molar-refractivity contribution in [3.8, 4) is 0 Å². The summed E-state index contributed by atoms with van der Waals surface area (Å²) in [6.07, 6.45) is 3.02. The number of aryl methyl sites for hydroxylation is 1. The molecule has 3 nitrogen and oxygen atoms in total. The summed E-state index contributed by atoms with van der Waals surface area (Å²) in [5, 5.41) is 12.5. The molecule has 3 heteroatoms. The van der Waals surface area contributed by atoms with Crippen LogP contribution < -0.4 is 5.32 Å². The van der Waals surface area contributed by atoms with Crippen LogP contribution in [0.3, 0.4) is 0 Å². The fourth-order valence-electron chi connectivity index (χ4n) is 2.06. The van der Waals surface area contributed by atoms with E-state index in [4.69, 9.17) is 5.11 Å². The summed E-state index contributed by atoms with van der Waals surface area (Å²) in [7, 11) is 0. The molecule has 1 aromatic rings. The van der Waals surface area contributed by atoms with Gasteiger partial charge in [-0.25, -0.2) is 0 Å². The van der Waals surface area contributed by atoms with E-state index in [-0.39, 0.29) is 12.6 Å². The lowest BCUT2D eigenvalue weighted by Crippen LogP contribution is -2.29. The van der Waals surface area contributed by atoms with Crippen LogP contribution in [-0.2, 0) is 0 Å². The Bertz CT molecular complexity index is 297. The van der Waals surface area contributed by atoms with Crippen molar-refractivity contribution >= 4 is 0 Å². The maximum Gasteiger partial charge on any atom is 0.0590 e. The van der Waals surface area contributed by atoms with Gasteiger partial charge in [-0.15, -0.1) is 0 Å². The standard InChI is InChI=1S/C11H16N2O/c1-8-2-3-9(6-13-8)10-4-5-12-11(10)7-14/h2-3,6,10-12,14H,4-5,7H2,1H3. The van der Waals surface area contributed by atoms with Crippen LogP contribution in [0.15, 0.2) is 18.3 Å². The first kappa shape index (κ1) is 9.62. The summed E-state index contributed by atoms with van der Waals surface area (Å²) in [4.78, 5) is 4.28. The molecule has 0 aliphatic carbocycles. The molecular formula is C11H16N2O. The van der Waals surface area contributed by atoms with Gasteiger partial charge in [0.2, 0.25) is 0 Å². The van der Waals surface area contributed by atoms with Crippen LogP contribution in [0.5, 0.6) is 0 Å². The molecular weight excluding hydrogens is 176 g/mol. The van der Waals surface area contributed by atoms with Gasteiger partial charge in [-0.2, -0.15) is 0 Å². The minimum Gasteiger partial charge on any atom is -0.395 e. The zero-order chi connectivity index (χ0) is 9.97. The Labute approximate surface area is 84.2 Å². The van der Waals surface area contributed by atoms with Gasteiger partial charge in [0.05, 0.1) is 6.61 Å². The Kier molecular flexibility index (Phi) is 2.79. The Balaban J connectivity index is 2.17. The fourth-order valence-corrected chi connectivity index (χ4v) is 2.06. The number of nitrogens with zero attached hydrogens (tertiary/aromatic N) is 1. The lowest BCUT2D eigenvalue weighted by Gasteiger charge is -2.17. The molecule has 1 saturated heterocycles. The highest BCUT2D eigenvalue weighted by molar-refractivity contribution is 5.21. The summed E-state index contributed by atoms with van der Waals surface area (Å²) in [6, 6.07) is 4.35. The molecule has 2 rings (SSSR count). The van der Waals surface area contributed by atoms with E-state index < -0.39 is 0 Å². The van der Waals surface area contributed by atoms with Crippen LogP contribution in [0, 0.1) is 6.92 Å². The number of nitrogens with one attached hydrogen (secondary N) is 1. The molecule has 2 N–H and O–H groups in total. The van der Waals surface area contributed by atoms with Crippen LogP contribution in [0.1, 0.15) is 23.6 Å². The van der Waals surface area contributed by atoms with Crippen LogP contribution in [0.4, 0.5) is 0 Å². The van der Waals surface area contributed by atoms with Crippen molar-refractivity contribution in [1.82, 2.24) is 10.3 Å². The highest BCUT2D eigenvalue weighted by Crippen LogP contribution is 2.26. The van der Waals surface area contributed by atoms with Gasteiger partial charge in [-0.05, 0) is 31.5 Å². The van der Waals surface area contributed by atoms with Crippen molar-refractivity contribution in [2.75, 3.05) is 13.2 Å². The van der Waals surface area contributed by atoms with Crippen molar-refractivity contribution in [2.24, 2.45) is 0 Å². The van der Waals surface area contributed by atoms with E-state index in [0.717, 1.165) is 18.7 Å². The van der Waals surface area contributed by atoms with Crippen LogP contribution in [-0.4, -0.2) is 29.3 Å². The highest BCUT2D eigenvalue weighted by atomic mass is 16.3. The van der Waals surface area contributed by atoms with E-state index in [0.29, 0.717) is 5.92 Å². The third-order valence-corrected chi connectivity index (χ3v) is 2.91. The van der Waals surface area contributed by atoms with Gasteiger partial charge in [0.25, 0.3) is 0 Å². The average Bonchev–Trinajstić information content (AvgIpc) is 2.67. The second-order valence-corrected chi connectivity index (χ2v) is 3.87. The molecule has 1 aromatic heterocycles. The summed E-state index contributed by atoms with van der Waals surface area (Å²) >= 11 is 0. The monoisotopic (exact) mass is 192 g/mol. The second-order valence-electron chi connectivity index (χ2n) is 3.87. The molecule has 0 bridgehead atoms. The van der Waals surface area contributed by atoms with E-state index in [1.165, 1.54) is 5.56 Å². The molecule has 2 atom stereocenters. The van der Waals surface area contributed by atoms with Gasteiger partial charge >= 0.3 is 0 Å². The molecule has 2 heterocycles. The minimum absolute atomic E-state index is 0.207. The summed E-state index contributed by atoms with van der Waals surface area (Å²) in [6.45, 7) is 3.18. The smallest absolute Gasteiger partial charge is 0.0590 e. The number of aromatic nitrogens is 1. The first-order chi connectivity index (χ1) is 6.81. The van der Waals surface area contributed by atoms with E-state index in [9.17, 15) is 0 Å². The minimum atomic E-state index is 0.207. The molecule has 0 radical (unpaired) electrons. The molecule has 2 unspecified atom stereocenters. The van der Waals surface area contributed by atoms with Gasteiger partial charge in [0, 0.05) is 23.9 Å². The number of aliphatic hydroxyl groups excluding tert-OH is 1. The van der Waals surface area contributed by atoms with Gasteiger partial charge in [-0.1, -0.05) is 6.07 Å². The summed E-state index contributed by atoms with van der Waals surface area (Å²) in [5.74, 6) is 0.424. The van der Waals surface area contributed by atoms with Gasteiger partial charge in [-0.3, -0.25) is 4.98 Å². The molecule has 0 spiro atoms. The van der Waals surface area contributed by atoms with Crippen molar-refractivity contribution in [1.29, 1.82) is 0 Å². The van der Waals surface area contributed by atoms with E-state index in [1.54, 1.807) is 0 Å². The summed E-state index contributed by atoms with van der Waals surface area (Å²) < 4.78 is 0. The molecule has 0 amide bonds. The third kappa shape index (κ3) is 1.79. The molecule has 0 aromatic carbocycles. The number of hydrogen-bond acceptors (Lipinski definition) is 3. The lowest BCUT2D eigenvalue weighted by molar-refractivity contribution is 0.245. The average molecular weight is 192 g/mol. The maximum atomic E-state index is 9.17. The highest BCUT2D eigenvalue weighted by Gasteiger charge is 2.27. The third-order valence-electron chi connectivity index (χ3n) is 2.91. The maximum absolute atomic E-state index is 9.17. The topological polar surface area (TPSA) is 45.1 Å². The van der Waals surface area contributed by atoms with Crippen molar-refractivity contribution < 1.29 is 5.11 Å². The molecule has 76 valence electrons. The SMILES string of the molecule is Cc1ccc(C2CCNC2CO)cn1. The Morgan fingerprint density at radius 2 is 2.43 bits per heavy atom. The van der Waals surface area contributed by atoms with Gasteiger partial charge < -0.3 is 10.4 Å². The summed E-state index contributed by atoms with van der Waals surface area (Å²) in [5.41, 5.74) is 2.28.